The molecule has 0 aliphatic heterocycles. The van der Waals surface area contributed by atoms with Gasteiger partial charge in [-0.1, -0.05) is 39.0 Å². The number of rotatable bonds is 5. The summed E-state index contributed by atoms with van der Waals surface area (Å²) in [5, 5.41) is 10.0. The van der Waals surface area contributed by atoms with E-state index in [-0.39, 0.29) is 11.5 Å². The highest BCUT2D eigenvalue weighted by Gasteiger charge is 2.37. The maximum absolute atomic E-state index is 10.0. The molecule has 1 saturated carbocycles. The van der Waals surface area contributed by atoms with E-state index in [0.29, 0.717) is 6.54 Å². The average Bonchev–Trinajstić information content (AvgIpc) is 2.21. The van der Waals surface area contributed by atoms with E-state index in [9.17, 15) is 5.11 Å². The molecule has 1 aliphatic rings. The van der Waals surface area contributed by atoms with E-state index in [0.717, 1.165) is 19.3 Å². The molecule has 1 rings (SSSR count). The summed E-state index contributed by atoms with van der Waals surface area (Å²) in [6.45, 7) is 2.88. The van der Waals surface area contributed by atoms with E-state index in [1.54, 1.807) is 0 Å². The fourth-order valence-corrected chi connectivity index (χ4v) is 2.65. The third-order valence-electron chi connectivity index (χ3n) is 3.79. The van der Waals surface area contributed by atoms with Gasteiger partial charge in [0.15, 0.2) is 0 Å². The molecule has 2 nitrogen and oxygen atoms in total. The van der Waals surface area contributed by atoms with Crippen LogP contribution in [0.5, 0.6) is 0 Å². The van der Waals surface area contributed by atoms with E-state index < -0.39 is 0 Å². The van der Waals surface area contributed by atoms with Gasteiger partial charge in [0.05, 0.1) is 6.10 Å². The predicted octanol–water partition coefficient (Wildman–Crippen LogP) is 2.45. The molecule has 0 heterocycles. The molecule has 0 bridgehead atoms. The lowest BCUT2D eigenvalue weighted by Gasteiger charge is -2.41. The molecule has 2 atom stereocenters. The average molecular weight is 199 g/mol. The molecule has 0 spiro atoms. The van der Waals surface area contributed by atoms with Crippen LogP contribution in [-0.4, -0.2) is 17.8 Å². The van der Waals surface area contributed by atoms with Crippen LogP contribution in [0.4, 0.5) is 0 Å². The summed E-state index contributed by atoms with van der Waals surface area (Å²) in [7, 11) is 0. The number of unbranched alkanes of at least 4 members (excludes halogenated alkanes) is 2. The molecule has 3 N–H and O–H groups in total. The Kier molecular flexibility index (Phi) is 4.90. The molecule has 2 heteroatoms. The van der Waals surface area contributed by atoms with Gasteiger partial charge in [-0.2, -0.15) is 0 Å². The van der Waals surface area contributed by atoms with Gasteiger partial charge in [0, 0.05) is 12.0 Å². The van der Waals surface area contributed by atoms with Crippen molar-refractivity contribution in [2.75, 3.05) is 6.54 Å². The molecule has 0 aromatic rings. The highest BCUT2D eigenvalue weighted by Crippen LogP contribution is 2.39. The van der Waals surface area contributed by atoms with Crippen LogP contribution in [0.15, 0.2) is 0 Å². The Morgan fingerprint density at radius 3 is 2.71 bits per heavy atom. The van der Waals surface area contributed by atoms with E-state index in [1.807, 2.05) is 0 Å². The Balaban J connectivity index is 2.45. The molecule has 1 fully saturated rings. The minimum absolute atomic E-state index is 0.0629. The predicted molar refractivity (Wildman–Crippen MR) is 60.1 cm³/mol. The van der Waals surface area contributed by atoms with Crippen molar-refractivity contribution in [3.05, 3.63) is 0 Å². The Morgan fingerprint density at radius 1 is 1.36 bits per heavy atom. The van der Waals surface area contributed by atoms with Crippen molar-refractivity contribution in [2.45, 2.75) is 64.4 Å². The summed E-state index contributed by atoms with van der Waals surface area (Å²) in [4.78, 5) is 0. The van der Waals surface area contributed by atoms with Crippen molar-refractivity contribution >= 4 is 0 Å². The molecule has 2 unspecified atom stereocenters. The van der Waals surface area contributed by atoms with Gasteiger partial charge < -0.3 is 10.8 Å². The first-order valence-electron chi connectivity index (χ1n) is 6.13. The molecule has 0 saturated heterocycles. The first-order chi connectivity index (χ1) is 6.75. The zero-order valence-electron chi connectivity index (χ0n) is 9.47. The Hall–Kier alpha value is -0.0800. The van der Waals surface area contributed by atoms with Crippen molar-refractivity contribution in [3.63, 3.8) is 0 Å². The second kappa shape index (κ2) is 5.72. The van der Waals surface area contributed by atoms with Crippen LogP contribution in [-0.2, 0) is 0 Å². The summed E-state index contributed by atoms with van der Waals surface area (Å²) in [5.41, 5.74) is 5.91. The van der Waals surface area contributed by atoms with Gasteiger partial charge in [-0.15, -0.1) is 0 Å². The van der Waals surface area contributed by atoms with Crippen LogP contribution in [0.25, 0.3) is 0 Å². The Labute approximate surface area is 87.9 Å². The smallest absolute Gasteiger partial charge is 0.0608 e. The van der Waals surface area contributed by atoms with Gasteiger partial charge in [0.25, 0.3) is 0 Å². The normalized spacial score (nSPS) is 33.2. The molecule has 14 heavy (non-hydrogen) atoms. The van der Waals surface area contributed by atoms with Crippen LogP contribution in [0.3, 0.4) is 0 Å². The van der Waals surface area contributed by atoms with Crippen LogP contribution >= 0.6 is 0 Å². The van der Waals surface area contributed by atoms with E-state index in [1.165, 1.54) is 32.1 Å². The van der Waals surface area contributed by atoms with Gasteiger partial charge in [-0.05, 0) is 19.3 Å². The summed E-state index contributed by atoms with van der Waals surface area (Å²) >= 11 is 0. The third-order valence-corrected chi connectivity index (χ3v) is 3.79. The van der Waals surface area contributed by atoms with Gasteiger partial charge in [0.2, 0.25) is 0 Å². The highest BCUT2D eigenvalue weighted by molar-refractivity contribution is 4.90. The maximum Gasteiger partial charge on any atom is 0.0608 e. The number of nitrogens with two attached hydrogens (primary N) is 1. The summed E-state index contributed by atoms with van der Waals surface area (Å²) in [6, 6.07) is 0. The van der Waals surface area contributed by atoms with E-state index in [4.69, 9.17) is 5.73 Å². The van der Waals surface area contributed by atoms with Crippen molar-refractivity contribution < 1.29 is 5.11 Å². The van der Waals surface area contributed by atoms with Crippen LogP contribution < -0.4 is 5.73 Å². The summed E-state index contributed by atoms with van der Waals surface area (Å²) < 4.78 is 0. The minimum Gasteiger partial charge on any atom is -0.393 e. The molecular formula is C12H25NO. The van der Waals surface area contributed by atoms with Gasteiger partial charge in [-0.25, -0.2) is 0 Å². The monoisotopic (exact) mass is 199 g/mol. The molecular weight excluding hydrogens is 174 g/mol. The highest BCUT2D eigenvalue weighted by atomic mass is 16.3. The Morgan fingerprint density at radius 2 is 2.14 bits per heavy atom. The lowest BCUT2D eigenvalue weighted by atomic mass is 9.69. The standard InChI is InChI=1S/C12H25NO/c1-2-3-5-8-12(10-13)9-6-4-7-11(12)14/h11,14H,2-10,13H2,1H3. The zero-order valence-corrected chi connectivity index (χ0v) is 9.47. The fraction of sp³-hybridized carbons (Fsp3) is 1.00. The quantitative estimate of drug-likeness (QED) is 0.668. The van der Waals surface area contributed by atoms with E-state index >= 15 is 0 Å². The molecule has 84 valence electrons. The topological polar surface area (TPSA) is 46.2 Å². The molecule has 1 aliphatic carbocycles. The number of hydrogen-bond donors (Lipinski definition) is 2. The van der Waals surface area contributed by atoms with Crippen molar-refractivity contribution in [1.82, 2.24) is 0 Å². The molecule has 0 radical (unpaired) electrons. The van der Waals surface area contributed by atoms with Crippen LogP contribution in [0.2, 0.25) is 0 Å². The first-order valence-corrected chi connectivity index (χ1v) is 6.13. The Bertz CT molecular complexity index is 160. The summed E-state index contributed by atoms with van der Waals surface area (Å²) in [5.74, 6) is 0. The summed E-state index contributed by atoms with van der Waals surface area (Å²) in [6.07, 6.45) is 9.25. The van der Waals surface area contributed by atoms with Gasteiger partial charge >= 0.3 is 0 Å². The lowest BCUT2D eigenvalue weighted by Crippen LogP contribution is -2.44. The van der Waals surface area contributed by atoms with Crippen molar-refractivity contribution in [1.29, 1.82) is 0 Å². The second-order valence-corrected chi connectivity index (χ2v) is 4.79. The fourth-order valence-electron chi connectivity index (χ4n) is 2.65. The largest absolute Gasteiger partial charge is 0.393 e. The van der Waals surface area contributed by atoms with Crippen molar-refractivity contribution in [3.8, 4) is 0 Å². The van der Waals surface area contributed by atoms with Crippen LogP contribution in [0, 0.1) is 5.41 Å². The van der Waals surface area contributed by atoms with Gasteiger partial charge in [0.1, 0.15) is 0 Å². The molecule has 0 amide bonds. The minimum atomic E-state index is -0.141. The molecule has 0 aromatic carbocycles. The third kappa shape index (κ3) is 2.71. The van der Waals surface area contributed by atoms with E-state index in [2.05, 4.69) is 6.92 Å². The lowest BCUT2D eigenvalue weighted by molar-refractivity contribution is -0.0133. The number of hydrogen-bond acceptors (Lipinski definition) is 2. The molecule has 0 aromatic heterocycles. The van der Waals surface area contributed by atoms with Gasteiger partial charge in [-0.3, -0.25) is 0 Å². The zero-order chi connectivity index (χ0) is 10.4. The van der Waals surface area contributed by atoms with Crippen molar-refractivity contribution in [2.24, 2.45) is 11.1 Å². The first kappa shape index (κ1) is 12.0. The number of aliphatic hydroxyl groups is 1. The second-order valence-electron chi connectivity index (χ2n) is 4.79. The number of aliphatic hydroxyl groups excluding tert-OH is 1. The SMILES string of the molecule is CCCCCC1(CN)CCCCC1O. The van der Waals surface area contributed by atoms with Crippen LogP contribution in [0.1, 0.15) is 58.3 Å². The maximum atomic E-state index is 10.0.